The summed E-state index contributed by atoms with van der Waals surface area (Å²) < 4.78 is 5.13. The van der Waals surface area contributed by atoms with E-state index < -0.39 is 5.54 Å². The van der Waals surface area contributed by atoms with E-state index in [0.717, 1.165) is 25.8 Å². The average molecular weight is 249 g/mol. The van der Waals surface area contributed by atoms with Crippen molar-refractivity contribution in [1.82, 2.24) is 10.3 Å². The molecule has 2 rings (SSSR count). The summed E-state index contributed by atoms with van der Waals surface area (Å²) in [7, 11) is 1.54. The van der Waals surface area contributed by atoms with Crippen LogP contribution in [0.25, 0.3) is 0 Å². The van der Waals surface area contributed by atoms with Gasteiger partial charge in [0.15, 0.2) is 0 Å². The third-order valence-corrected chi connectivity index (χ3v) is 3.49. The number of hydrogen-bond donors (Lipinski definition) is 2. The third kappa shape index (κ3) is 2.31. The van der Waals surface area contributed by atoms with E-state index in [0.29, 0.717) is 11.6 Å². The highest BCUT2D eigenvalue weighted by atomic mass is 16.5. The van der Waals surface area contributed by atoms with E-state index in [1.54, 1.807) is 25.4 Å². The molecule has 0 bridgehead atoms. The molecule has 1 aliphatic rings. The van der Waals surface area contributed by atoms with E-state index in [9.17, 15) is 4.79 Å². The molecule has 1 amide bonds. The van der Waals surface area contributed by atoms with Gasteiger partial charge in [-0.1, -0.05) is 6.92 Å². The number of nitrogens with one attached hydrogen (secondary N) is 2. The summed E-state index contributed by atoms with van der Waals surface area (Å²) in [4.78, 5) is 16.4. The van der Waals surface area contributed by atoms with Crippen molar-refractivity contribution < 1.29 is 9.53 Å². The van der Waals surface area contributed by atoms with Crippen LogP contribution in [0.4, 0.5) is 5.69 Å². The number of carbonyl (C=O) groups excluding carboxylic acids is 1. The van der Waals surface area contributed by atoms with Crippen molar-refractivity contribution in [2.75, 3.05) is 19.0 Å². The summed E-state index contributed by atoms with van der Waals surface area (Å²) >= 11 is 0. The molecule has 0 spiro atoms. The summed E-state index contributed by atoms with van der Waals surface area (Å²) in [5.41, 5.74) is 0.174. The highest BCUT2D eigenvalue weighted by molar-refractivity contribution is 5.99. The second kappa shape index (κ2) is 5.35. The minimum atomic E-state index is -0.444. The Morgan fingerprint density at radius 2 is 2.50 bits per heavy atom. The van der Waals surface area contributed by atoms with E-state index in [1.165, 1.54) is 0 Å². The first-order valence-electron chi connectivity index (χ1n) is 6.27. The Morgan fingerprint density at radius 3 is 3.11 bits per heavy atom. The first kappa shape index (κ1) is 12.8. The van der Waals surface area contributed by atoms with Gasteiger partial charge in [-0.05, 0) is 37.9 Å². The predicted molar refractivity (Wildman–Crippen MR) is 69.7 cm³/mol. The molecule has 18 heavy (non-hydrogen) atoms. The number of rotatable bonds is 4. The van der Waals surface area contributed by atoms with Crippen molar-refractivity contribution in [3.8, 4) is 5.88 Å². The largest absolute Gasteiger partial charge is 0.480 e. The molecule has 5 nitrogen and oxygen atoms in total. The van der Waals surface area contributed by atoms with Gasteiger partial charge in [-0.3, -0.25) is 4.79 Å². The van der Waals surface area contributed by atoms with Crippen LogP contribution in [0.3, 0.4) is 0 Å². The van der Waals surface area contributed by atoms with Gasteiger partial charge in [0.2, 0.25) is 11.8 Å². The van der Waals surface area contributed by atoms with E-state index in [2.05, 4.69) is 15.6 Å². The zero-order chi connectivity index (χ0) is 13.0. The third-order valence-electron chi connectivity index (χ3n) is 3.49. The van der Waals surface area contributed by atoms with Crippen molar-refractivity contribution in [2.45, 2.75) is 31.7 Å². The molecule has 0 radical (unpaired) electrons. The fraction of sp³-hybridized carbons (Fsp3) is 0.538. The van der Waals surface area contributed by atoms with Gasteiger partial charge in [0, 0.05) is 6.20 Å². The first-order valence-corrected chi connectivity index (χ1v) is 6.27. The fourth-order valence-corrected chi connectivity index (χ4v) is 2.35. The van der Waals surface area contributed by atoms with Gasteiger partial charge in [0.1, 0.15) is 5.69 Å². The molecule has 1 aromatic rings. The van der Waals surface area contributed by atoms with E-state index in [4.69, 9.17) is 4.74 Å². The summed E-state index contributed by atoms with van der Waals surface area (Å²) in [6.07, 6.45) is 4.32. The minimum absolute atomic E-state index is 0.00574. The molecule has 1 aromatic heterocycles. The number of hydrogen-bond acceptors (Lipinski definition) is 4. The lowest BCUT2D eigenvalue weighted by atomic mass is 9.93. The van der Waals surface area contributed by atoms with Crippen LogP contribution in [-0.2, 0) is 4.79 Å². The van der Waals surface area contributed by atoms with Gasteiger partial charge in [-0.15, -0.1) is 0 Å². The molecule has 1 aliphatic heterocycles. The molecule has 1 unspecified atom stereocenters. The van der Waals surface area contributed by atoms with Crippen molar-refractivity contribution in [3.05, 3.63) is 18.3 Å². The number of carbonyl (C=O) groups is 1. The van der Waals surface area contributed by atoms with Crippen molar-refractivity contribution in [3.63, 3.8) is 0 Å². The van der Waals surface area contributed by atoms with Crippen molar-refractivity contribution in [2.24, 2.45) is 0 Å². The van der Waals surface area contributed by atoms with Crippen LogP contribution in [0, 0.1) is 0 Å². The van der Waals surface area contributed by atoms with Crippen LogP contribution >= 0.6 is 0 Å². The van der Waals surface area contributed by atoms with Crippen LogP contribution < -0.4 is 15.4 Å². The van der Waals surface area contributed by atoms with Gasteiger partial charge in [0.25, 0.3) is 0 Å². The Balaban J connectivity index is 2.15. The number of aromatic nitrogens is 1. The fourth-order valence-electron chi connectivity index (χ4n) is 2.35. The number of amides is 1. The maximum Gasteiger partial charge on any atom is 0.244 e. The van der Waals surface area contributed by atoms with Gasteiger partial charge in [-0.25, -0.2) is 4.98 Å². The first-order chi connectivity index (χ1) is 8.72. The topological polar surface area (TPSA) is 63.2 Å². The Morgan fingerprint density at radius 1 is 1.67 bits per heavy atom. The predicted octanol–water partition coefficient (Wildman–Crippen LogP) is 1.56. The van der Waals surface area contributed by atoms with E-state index in [1.807, 2.05) is 6.92 Å². The lowest BCUT2D eigenvalue weighted by Gasteiger charge is -2.26. The molecule has 1 saturated heterocycles. The van der Waals surface area contributed by atoms with E-state index >= 15 is 0 Å². The highest BCUT2D eigenvalue weighted by Crippen LogP contribution is 2.27. The number of nitrogens with zero attached hydrogens (tertiary/aromatic N) is 1. The minimum Gasteiger partial charge on any atom is -0.480 e. The van der Waals surface area contributed by atoms with Crippen LogP contribution in [0.5, 0.6) is 5.88 Å². The van der Waals surface area contributed by atoms with Crippen LogP contribution in [0.15, 0.2) is 18.3 Å². The highest BCUT2D eigenvalue weighted by Gasteiger charge is 2.39. The second-order valence-electron chi connectivity index (χ2n) is 4.48. The Kier molecular flexibility index (Phi) is 3.81. The summed E-state index contributed by atoms with van der Waals surface area (Å²) in [5, 5.41) is 6.21. The zero-order valence-electron chi connectivity index (χ0n) is 10.8. The van der Waals surface area contributed by atoms with Gasteiger partial charge < -0.3 is 15.4 Å². The van der Waals surface area contributed by atoms with E-state index in [-0.39, 0.29) is 5.91 Å². The number of pyridine rings is 1. The maximum absolute atomic E-state index is 12.4. The number of ether oxygens (including phenoxy) is 1. The maximum atomic E-state index is 12.4. The zero-order valence-corrected chi connectivity index (χ0v) is 10.8. The summed E-state index contributed by atoms with van der Waals surface area (Å²) in [6, 6.07) is 3.57. The molecular formula is C13H19N3O2. The Hall–Kier alpha value is -1.62. The van der Waals surface area contributed by atoms with Gasteiger partial charge >= 0.3 is 0 Å². The quantitative estimate of drug-likeness (QED) is 0.850. The molecule has 0 aromatic carbocycles. The van der Waals surface area contributed by atoms with Crippen molar-refractivity contribution >= 4 is 11.6 Å². The molecule has 2 heterocycles. The number of methoxy groups -OCH3 is 1. The lowest BCUT2D eigenvalue weighted by molar-refractivity contribution is -0.122. The van der Waals surface area contributed by atoms with Gasteiger partial charge in [-0.2, -0.15) is 0 Å². The molecule has 1 atom stereocenters. The van der Waals surface area contributed by atoms with Crippen LogP contribution in [-0.4, -0.2) is 30.1 Å². The molecule has 1 fully saturated rings. The van der Waals surface area contributed by atoms with Crippen LogP contribution in [0.2, 0.25) is 0 Å². The second-order valence-corrected chi connectivity index (χ2v) is 4.48. The Labute approximate surface area is 107 Å². The lowest BCUT2D eigenvalue weighted by Crippen LogP contribution is -2.50. The smallest absolute Gasteiger partial charge is 0.244 e. The SMILES string of the molecule is CCC1(C(=O)Nc2cccnc2OC)CCCN1. The summed E-state index contributed by atoms with van der Waals surface area (Å²) in [6.45, 7) is 2.92. The monoisotopic (exact) mass is 249 g/mol. The standard InChI is InChI=1S/C13H19N3O2/c1-3-13(7-5-9-15-13)12(17)16-10-6-4-8-14-11(10)18-2/h4,6,8,15H,3,5,7,9H2,1-2H3,(H,16,17). The molecule has 98 valence electrons. The van der Waals surface area contributed by atoms with Crippen LogP contribution in [0.1, 0.15) is 26.2 Å². The molecule has 0 saturated carbocycles. The Bertz CT molecular complexity index is 428. The molecule has 5 heteroatoms. The summed E-state index contributed by atoms with van der Waals surface area (Å²) in [5.74, 6) is 0.434. The number of anilines is 1. The average Bonchev–Trinajstić information content (AvgIpc) is 2.89. The van der Waals surface area contributed by atoms with Crippen molar-refractivity contribution in [1.29, 1.82) is 0 Å². The molecule has 2 N–H and O–H groups in total. The normalized spacial score (nSPS) is 22.8. The van der Waals surface area contributed by atoms with Gasteiger partial charge in [0.05, 0.1) is 12.6 Å². The molecular weight excluding hydrogens is 230 g/mol. The molecule has 0 aliphatic carbocycles.